The van der Waals surface area contributed by atoms with Crippen LogP contribution in [0.1, 0.15) is 50.9 Å². The molecule has 2 N–H and O–H groups in total. The summed E-state index contributed by atoms with van der Waals surface area (Å²) in [6, 6.07) is 5.20. The van der Waals surface area contributed by atoms with Crippen LogP contribution in [0.2, 0.25) is 0 Å². The van der Waals surface area contributed by atoms with Gasteiger partial charge in [0.15, 0.2) is 0 Å². The van der Waals surface area contributed by atoms with Gasteiger partial charge < -0.3 is 10.6 Å². The largest absolute Gasteiger partial charge is 0.354 e. The summed E-state index contributed by atoms with van der Waals surface area (Å²) in [5.41, 5.74) is 0.314. The minimum absolute atomic E-state index is 0.180. The van der Waals surface area contributed by atoms with Crippen LogP contribution in [0.5, 0.6) is 0 Å². The predicted octanol–water partition coefficient (Wildman–Crippen LogP) is 2.00. The van der Waals surface area contributed by atoms with Gasteiger partial charge in [-0.1, -0.05) is 20.8 Å². The molecule has 1 aliphatic heterocycles. The van der Waals surface area contributed by atoms with E-state index in [-0.39, 0.29) is 10.8 Å². The Hall–Kier alpha value is -1.93. The molecule has 2 amide bonds. The van der Waals surface area contributed by atoms with E-state index in [0.29, 0.717) is 37.0 Å². The maximum Gasteiger partial charge on any atom is 0.251 e. The van der Waals surface area contributed by atoms with Gasteiger partial charge in [-0.3, -0.25) is 9.59 Å². The summed E-state index contributed by atoms with van der Waals surface area (Å²) < 4.78 is 27.3. The van der Waals surface area contributed by atoms with Crippen LogP contribution in [0.15, 0.2) is 29.2 Å². The molecule has 2 rings (SSSR count). The number of carbonyl (C=O) groups excluding carboxylic acids is 2. The third-order valence-corrected chi connectivity index (χ3v) is 6.73. The number of carbonyl (C=O) groups is 2. The Morgan fingerprint density at radius 1 is 1.14 bits per heavy atom. The first kappa shape index (κ1) is 22.4. The van der Waals surface area contributed by atoms with E-state index in [1.54, 1.807) is 6.92 Å². The predicted molar refractivity (Wildman–Crippen MR) is 108 cm³/mol. The second kappa shape index (κ2) is 9.52. The van der Waals surface area contributed by atoms with E-state index in [9.17, 15) is 18.0 Å². The van der Waals surface area contributed by atoms with Gasteiger partial charge in [-0.05, 0) is 55.9 Å². The van der Waals surface area contributed by atoms with Gasteiger partial charge in [0.25, 0.3) is 5.91 Å². The molecule has 7 nitrogen and oxygen atoms in total. The van der Waals surface area contributed by atoms with Crippen LogP contribution in [0, 0.1) is 11.8 Å². The number of hydrogen-bond acceptors (Lipinski definition) is 4. The Morgan fingerprint density at radius 2 is 1.71 bits per heavy atom. The average Bonchev–Trinajstić information content (AvgIpc) is 2.65. The summed E-state index contributed by atoms with van der Waals surface area (Å²) in [5.74, 6) is -0.0149. The van der Waals surface area contributed by atoms with E-state index in [1.165, 1.54) is 28.6 Å². The van der Waals surface area contributed by atoms with Gasteiger partial charge in [0.2, 0.25) is 15.9 Å². The minimum atomic E-state index is -3.58. The third-order valence-electron chi connectivity index (χ3n) is 4.88. The first-order chi connectivity index (χ1) is 13.1. The molecule has 0 radical (unpaired) electrons. The third kappa shape index (κ3) is 5.54. The van der Waals surface area contributed by atoms with Crippen LogP contribution in [0.4, 0.5) is 0 Å². The van der Waals surface area contributed by atoms with Crippen molar-refractivity contribution in [2.75, 3.05) is 19.6 Å². The van der Waals surface area contributed by atoms with Crippen molar-refractivity contribution < 1.29 is 18.0 Å². The molecule has 1 saturated heterocycles. The van der Waals surface area contributed by atoms with Crippen molar-refractivity contribution in [3.63, 3.8) is 0 Å². The van der Waals surface area contributed by atoms with Crippen molar-refractivity contribution in [1.82, 2.24) is 14.9 Å². The van der Waals surface area contributed by atoms with Crippen molar-refractivity contribution in [1.29, 1.82) is 0 Å². The molecule has 28 heavy (non-hydrogen) atoms. The normalized spacial score (nSPS) is 21.7. The molecule has 0 saturated carbocycles. The van der Waals surface area contributed by atoms with Gasteiger partial charge >= 0.3 is 0 Å². The molecule has 1 heterocycles. The maximum atomic E-state index is 12.9. The van der Waals surface area contributed by atoms with Crippen molar-refractivity contribution in [2.45, 2.75) is 51.5 Å². The van der Waals surface area contributed by atoms with E-state index in [0.717, 1.165) is 12.8 Å². The van der Waals surface area contributed by atoms with Gasteiger partial charge in [0.05, 0.1) is 4.90 Å². The highest BCUT2D eigenvalue weighted by atomic mass is 32.2. The van der Waals surface area contributed by atoms with E-state index < -0.39 is 22.0 Å². The standard InChI is InChI=1S/C20H31N3O4S/c1-5-10-21-19(24)16(4)22-20(25)17-6-8-18(9-7-17)28(26,27)23-12-14(2)11-15(3)13-23/h6-9,14-16H,5,10-13H2,1-4H3,(H,21,24)(H,22,25)/t14-,15+,16-/m1/s1. The van der Waals surface area contributed by atoms with Gasteiger partial charge in [-0.2, -0.15) is 4.31 Å². The Kier molecular flexibility index (Phi) is 7.60. The molecule has 0 aromatic heterocycles. The lowest BCUT2D eigenvalue weighted by Gasteiger charge is -2.34. The highest BCUT2D eigenvalue weighted by Gasteiger charge is 2.31. The molecule has 1 aromatic carbocycles. The van der Waals surface area contributed by atoms with Crippen LogP contribution >= 0.6 is 0 Å². The lowest BCUT2D eigenvalue weighted by atomic mass is 9.94. The number of nitrogens with zero attached hydrogens (tertiary/aromatic N) is 1. The molecule has 0 bridgehead atoms. The quantitative estimate of drug-likeness (QED) is 0.720. The second-order valence-corrected chi connectivity index (χ2v) is 9.72. The zero-order valence-electron chi connectivity index (χ0n) is 17.1. The second-order valence-electron chi connectivity index (χ2n) is 7.78. The van der Waals surface area contributed by atoms with Crippen LogP contribution in [-0.4, -0.2) is 50.2 Å². The number of sulfonamides is 1. The molecule has 0 unspecified atom stereocenters. The number of nitrogens with one attached hydrogen (secondary N) is 2. The number of rotatable bonds is 7. The van der Waals surface area contributed by atoms with Gasteiger partial charge in [0, 0.05) is 25.2 Å². The van der Waals surface area contributed by atoms with Crippen molar-refractivity contribution in [3.05, 3.63) is 29.8 Å². The van der Waals surface area contributed by atoms with E-state index in [2.05, 4.69) is 24.5 Å². The molecular formula is C20H31N3O4S. The van der Waals surface area contributed by atoms with E-state index >= 15 is 0 Å². The molecule has 156 valence electrons. The van der Waals surface area contributed by atoms with Crippen LogP contribution in [0.3, 0.4) is 0 Å². The molecule has 0 spiro atoms. The SMILES string of the molecule is CCCNC(=O)[C@@H](C)NC(=O)c1ccc(S(=O)(=O)N2C[C@H](C)C[C@H](C)C2)cc1. The van der Waals surface area contributed by atoms with Gasteiger partial charge in [-0.25, -0.2) is 8.42 Å². The van der Waals surface area contributed by atoms with Crippen LogP contribution < -0.4 is 10.6 Å². The van der Waals surface area contributed by atoms with Crippen molar-refractivity contribution in [2.24, 2.45) is 11.8 Å². The molecular weight excluding hydrogens is 378 g/mol. The Morgan fingerprint density at radius 3 is 2.25 bits per heavy atom. The van der Waals surface area contributed by atoms with Gasteiger partial charge in [0.1, 0.15) is 6.04 Å². The lowest BCUT2D eigenvalue weighted by Crippen LogP contribution is -2.45. The summed E-state index contributed by atoms with van der Waals surface area (Å²) in [6.07, 6.45) is 1.84. The number of piperidine rings is 1. The molecule has 1 aliphatic rings. The first-order valence-corrected chi connectivity index (χ1v) is 11.3. The smallest absolute Gasteiger partial charge is 0.251 e. The van der Waals surface area contributed by atoms with Crippen molar-refractivity contribution >= 4 is 21.8 Å². The number of hydrogen-bond donors (Lipinski definition) is 2. The summed E-state index contributed by atoms with van der Waals surface area (Å²) in [7, 11) is -3.58. The molecule has 0 aliphatic carbocycles. The highest BCUT2D eigenvalue weighted by molar-refractivity contribution is 7.89. The maximum absolute atomic E-state index is 12.9. The molecule has 1 aromatic rings. The van der Waals surface area contributed by atoms with Crippen LogP contribution in [0.25, 0.3) is 0 Å². The Labute approximate surface area is 167 Å². The zero-order valence-corrected chi connectivity index (χ0v) is 17.9. The molecule has 1 fully saturated rings. The topological polar surface area (TPSA) is 95.6 Å². The van der Waals surface area contributed by atoms with Crippen molar-refractivity contribution in [3.8, 4) is 0 Å². The number of amides is 2. The number of benzene rings is 1. The van der Waals surface area contributed by atoms with E-state index in [1.807, 2.05) is 6.92 Å². The minimum Gasteiger partial charge on any atom is -0.354 e. The molecule has 3 atom stereocenters. The summed E-state index contributed by atoms with van der Waals surface area (Å²) in [6.45, 7) is 9.26. The van der Waals surface area contributed by atoms with E-state index in [4.69, 9.17) is 0 Å². The van der Waals surface area contributed by atoms with Crippen LogP contribution in [-0.2, 0) is 14.8 Å². The zero-order chi connectivity index (χ0) is 20.9. The summed E-state index contributed by atoms with van der Waals surface area (Å²) in [5, 5.41) is 5.35. The highest BCUT2D eigenvalue weighted by Crippen LogP contribution is 2.26. The monoisotopic (exact) mass is 409 g/mol. The fourth-order valence-corrected chi connectivity index (χ4v) is 5.16. The fourth-order valence-electron chi connectivity index (χ4n) is 3.48. The molecule has 8 heteroatoms. The lowest BCUT2D eigenvalue weighted by molar-refractivity contribution is -0.122. The Balaban J connectivity index is 2.06. The summed E-state index contributed by atoms with van der Waals surface area (Å²) in [4.78, 5) is 24.4. The fraction of sp³-hybridized carbons (Fsp3) is 0.600. The van der Waals surface area contributed by atoms with Gasteiger partial charge in [-0.15, -0.1) is 0 Å². The average molecular weight is 410 g/mol. The summed E-state index contributed by atoms with van der Waals surface area (Å²) >= 11 is 0. The first-order valence-electron chi connectivity index (χ1n) is 9.84. The Bertz CT molecular complexity index is 782.